The van der Waals surface area contributed by atoms with Gasteiger partial charge < -0.3 is 16.4 Å². The summed E-state index contributed by atoms with van der Waals surface area (Å²) >= 11 is 0. The van der Waals surface area contributed by atoms with Crippen molar-refractivity contribution < 1.29 is 4.79 Å². The number of anilines is 2. The van der Waals surface area contributed by atoms with Crippen LogP contribution in [0.5, 0.6) is 0 Å². The SMILES string of the molecule is Cc1ccccc1CN(C)c1ccc(N)cc1C(N)=O. The van der Waals surface area contributed by atoms with Crippen LogP contribution in [0.15, 0.2) is 42.5 Å². The molecule has 0 atom stereocenters. The first-order chi connectivity index (χ1) is 9.49. The van der Waals surface area contributed by atoms with Crippen molar-refractivity contribution in [3.63, 3.8) is 0 Å². The van der Waals surface area contributed by atoms with Crippen LogP contribution in [0.3, 0.4) is 0 Å². The molecule has 4 nitrogen and oxygen atoms in total. The number of primary amides is 1. The van der Waals surface area contributed by atoms with Crippen LogP contribution in [-0.4, -0.2) is 13.0 Å². The normalized spacial score (nSPS) is 10.3. The lowest BCUT2D eigenvalue weighted by molar-refractivity contribution is 0.100. The first-order valence-corrected chi connectivity index (χ1v) is 6.44. The van der Waals surface area contributed by atoms with Crippen molar-refractivity contribution in [2.24, 2.45) is 5.73 Å². The van der Waals surface area contributed by atoms with Crippen molar-refractivity contribution in [3.05, 3.63) is 59.2 Å². The molecule has 0 radical (unpaired) electrons. The topological polar surface area (TPSA) is 72.3 Å². The van der Waals surface area contributed by atoms with Crippen molar-refractivity contribution in [3.8, 4) is 0 Å². The number of amides is 1. The summed E-state index contributed by atoms with van der Waals surface area (Å²) in [6.45, 7) is 2.78. The lowest BCUT2D eigenvalue weighted by atomic mass is 10.1. The van der Waals surface area contributed by atoms with E-state index in [4.69, 9.17) is 11.5 Å². The molecule has 0 aliphatic rings. The predicted octanol–water partition coefficient (Wildman–Crippen LogP) is 2.31. The van der Waals surface area contributed by atoms with Crippen molar-refractivity contribution >= 4 is 17.3 Å². The molecule has 4 heteroatoms. The molecule has 0 aromatic heterocycles. The van der Waals surface area contributed by atoms with Gasteiger partial charge >= 0.3 is 0 Å². The fourth-order valence-corrected chi connectivity index (χ4v) is 2.21. The Labute approximate surface area is 119 Å². The van der Waals surface area contributed by atoms with Gasteiger partial charge in [-0.3, -0.25) is 4.79 Å². The molecule has 0 spiro atoms. The highest BCUT2D eigenvalue weighted by atomic mass is 16.1. The van der Waals surface area contributed by atoms with Crippen molar-refractivity contribution in [2.45, 2.75) is 13.5 Å². The van der Waals surface area contributed by atoms with Gasteiger partial charge in [-0.25, -0.2) is 0 Å². The van der Waals surface area contributed by atoms with E-state index in [1.165, 1.54) is 11.1 Å². The lowest BCUT2D eigenvalue weighted by Gasteiger charge is -2.22. The third-order valence-electron chi connectivity index (χ3n) is 3.37. The summed E-state index contributed by atoms with van der Waals surface area (Å²) in [5.74, 6) is -0.469. The second-order valence-corrected chi connectivity index (χ2v) is 4.92. The van der Waals surface area contributed by atoms with E-state index in [-0.39, 0.29) is 0 Å². The molecular weight excluding hydrogens is 250 g/mol. The highest BCUT2D eigenvalue weighted by molar-refractivity contribution is 5.99. The van der Waals surface area contributed by atoms with Crippen LogP contribution in [0.2, 0.25) is 0 Å². The summed E-state index contributed by atoms with van der Waals surface area (Å²) in [5, 5.41) is 0. The minimum absolute atomic E-state index is 0.445. The van der Waals surface area contributed by atoms with Crippen LogP contribution in [-0.2, 0) is 6.54 Å². The van der Waals surface area contributed by atoms with Crippen molar-refractivity contribution in [2.75, 3.05) is 17.7 Å². The average Bonchev–Trinajstić information content (AvgIpc) is 2.41. The lowest BCUT2D eigenvalue weighted by Crippen LogP contribution is -2.22. The first-order valence-electron chi connectivity index (χ1n) is 6.44. The Morgan fingerprint density at radius 3 is 2.55 bits per heavy atom. The quantitative estimate of drug-likeness (QED) is 0.837. The molecule has 0 aliphatic carbocycles. The monoisotopic (exact) mass is 269 g/mol. The third-order valence-corrected chi connectivity index (χ3v) is 3.37. The summed E-state index contributed by atoms with van der Waals surface area (Å²) in [7, 11) is 1.93. The van der Waals surface area contributed by atoms with Crippen LogP contribution < -0.4 is 16.4 Å². The van der Waals surface area contributed by atoms with Gasteiger partial charge in [0.25, 0.3) is 5.91 Å². The largest absolute Gasteiger partial charge is 0.399 e. The molecule has 0 unspecified atom stereocenters. The van der Waals surface area contributed by atoms with Crippen LogP contribution in [0.4, 0.5) is 11.4 Å². The first kappa shape index (κ1) is 13.9. The molecule has 104 valence electrons. The summed E-state index contributed by atoms with van der Waals surface area (Å²) in [6.07, 6.45) is 0. The predicted molar refractivity (Wildman–Crippen MR) is 82.7 cm³/mol. The van der Waals surface area contributed by atoms with E-state index in [2.05, 4.69) is 19.1 Å². The van der Waals surface area contributed by atoms with E-state index in [1.54, 1.807) is 12.1 Å². The summed E-state index contributed by atoms with van der Waals surface area (Å²) in [5.41, 5.74) is 15.3. The van der Waals surface area contributed by atoms with Crippen molar-refractivity contribution in [1.82, 2.24) is 0 Å². The number of hydrogen-bond donors (Lipinski definition) is 2. The van der Waals surface area contributed by atoms with Crippen LogP contribution >= 0.6 is 0 Å². The molecule has 2 aromatic rings. The minimum atomic E-state index is -0.469. The maximum absolute atomic E-state index is 11.5. The Balaban J connectivity index is 2.32. The Morgan fingerprint density at radius 1 is 1.20 bits per heavy atom. The fraction of sp³-hybridized carbons (Fsp3) is 0.188. The van der Waals surface area contributed by atoms with E-state index < -0.39 is 5.91 Å². The van der Waals surface area contributed by atoms with E-state index in [0.29, 0.717) is 17.8 Å². The van der Waals surface area contributed by atoms with Crippen molar-refractivity contribution in [1.29, 1.82) is 0 Å². The molecule has 1 amide bonds. The molecule has 0 aliphatic heterocycles. The maximum Gasteiger partial charge on any atom is 0.250 e. The third kappa shape index (κ3) is 2.91. The zero-order valence-corrected chi connectivity index (χ0v) is 11.8. The number of hydrogen-bond acceptors (Lipinski definition) is 3. The number of nitrogens with two attached hydrogens (primary N) is 2. The zero-order chi connectivity index (χ0) is 14.7. The van der Waals surface area contributed by atoms with Gasteiger partial charge in [-0.15, -0.1) is 0 Å². The number of nitrogen functional groups attached to an aromatic ring is 1. The molecular formula is C16H19N3O. The summed E-state index contributed by atoms with van der Waals surface area (Å²) < 4.78 is 0. The van der Waals surface area contributed by atoms with Crippen LogP contribution in [0.1, 0.15) is 21.5 Å². The molecule has 0 saturated heterocycles. The molecule has 20 heavy (non-hydrogen) atoms. The van der Waals surface area contributed by atoms with Gasteiger partial charge in [-0.2, -0.15) is 0 Å². The Kier molecular flexibility index (Phi) is 3.94. The van der Waals surface area contributed by atoms with Gasteiger partial charge in [0.2, 0.25) is 0 Å². The minimum Gasteiger partial charge on any atom is -0.399 e. The maximum atomic E-state index is 11.5. The zero-order valence-electron chi connectivity index (χ0n) is 11.8. The number of benzene rings is 2. The number of carbonyl (C=O) groups is 1. The smallest absolute Gasteiger partial charge is 0.250 e. The number of nitrogens with zero attached hydrogens (tertiary/aromatic N) is 1. The van der Waals surface area contributed by atoms with Gasteiger partial charge in [0, 0.05) is 25.0 Å². The summed E-state index contributed by atoms with van der Waals surface area (Å²) in [4.78, 5) is 13.5. The van der Waals surface area contributed by atoms with E-state index in [1.807, 2.05) is 30.1 Å². The Bertz CT molecular complexity index is 637. The second-order valence-electron chi connectivity index (χ2n) is 4.92. The molecule has 0 heterocycles. The second kappa shape index (κ2) is 5.65. The number of aryl methyl sites for hydroxylation is 1. The molecule has 0 fully saturated rings. The molecule has 0 saturated carbocycles. The van der Waals surface area contributed by atoms with Crippen LogP contribution in [0.25, 0.3) is 0 Å². The Morgan fingerprint density at radius 2 is 1.90 bits per heavy atom. The standard InChI is InChI=1S/C16H19N3O/c1-11-5-3-4-6-12(11)10-19(2)15-8-7-13(17)9-14(15)16(18)20/h3-9H,10,17H2,1-2H3,(H2,18,20). The van der Waals surface area contributed by atoms with Gasteiger partial charge in [0.15, 0.2) is 0 Å². The average molecular weight is 269 g/mol. The molecule has 4 N–H and O–H groups in total. The molecule has 0 bridgehead atoms. The Hall–Kier alpha value is -2.49. The van der Waals surface area contributed by atoms with Gasteiger partial charge in [0.1, 0.15) is 0 Å². The van der Waals surface area contributed by atoms with E-state index >= 15 is 0 Å². The van der Waals surface area contributed by atoms with E-state index in [0.717, 1.165) is 5.69 Å². The highest BCUT2D eigenvalue weighted by Crippen LogP contribution is 2.24. The van der Waals surface area contributed by atoms with Crippen LogP contribution in [0, 0.1) is 6.92 Å². The van der Waals surface area contributed by atoms with Gasteiger partial charge in [-0.05, 0) is 36.2 Å². The van der Waals surface area contributed by atoms with Gasteiger partial charge in [-0.1, -0.05) is 24.3 Å². The number of carbonyl (C=O) groups excluding carboxylic acids is 1. The highest BCUT2D eigenvalue weighted by Gasteiger charge is 2.13. The van der Waals surface area contributed by atoms with Gasteiger partial charge in [0.05, 0.1) is 5.56 Å². The fourth-order valence-electron chi connectivity index (χ4n) is 2.21. The molecule has 2 aromatic carbocycles. The number of rotatable bonds is 4. The summed E-state index contributed by atoms with van der Waals surface area (Å²) in [6, 6.07) is 13.4. The molecule has 2 rings (SSSR count). The van der Waals surface area contributed by atoms with E-state index in [9.17, 15) is 4.79 Å².